The van der Waals surface area contributed by atoms with Gasteiger partial charge >= 0.3 is 0 Å². The standard InChI is InChI=1S/C2H4O2S2/c1-5-2-6(3)4/h2H,1H3. The second kappa shape index (κ2) is 3.24. The van der Waals surface area contributed by atoms with E-state index in [0.29, 0.717) is 0 Å². The van der Waals surface area contributed by atoms with E-state index in [1.165, 1.54) is 11.8 Å². The first kappa shape index (κ1) is 6.04. The summed E-state index contributed by atoms with van der Waals surface area (Å²) in [4.78, 5) is 0. The van der Waals surface area contributed by atoms with Crippen LogP contribution in [0.15, 0.2) is 0 Å². The van der Waals surface area contributed by atoms with Crippen molar-refractivity contribution in [3.8, 4) is 0 Å². The molecule has 0 bridgehead atoms. The van der Waals surface area contributed by atoms with Crippen LogP contribution in [-0.2, 0) is 10.3 Å². The minimum Gasteiger partial charge on any atom is -0.184 e. The number of hydrogen-bond donors (Lipinski definition) is 0. The molecule has 0 aromatic rings. The first-order valence-corrected chi connectivity index (χ1v) is 3.64. The second-order valence-corrected chi connectivity index (χ2v) is 2.35. The zero-order chi connectivity index (χ0) is 4.99. The number of thioether (sulfide) groups is 1. The summed E-state index contributed by atoms with van der Waals surface area (Å²) >= 11 is 1.17. The van der Waals surface area contributed by atoms with Crippen molar-refractivity contribution >= 4 is 26.8 Å². The average molecular weight is 124 g/mol. The van der Waals surface area contributed by atoms with Crippen LogP contribution in [0.4, 0.5) is 0 Å². The first-order chi connectivity index (χ1) is 2.77. The van der Waals surface area contributed by atoms with Crippen molar-refractivity contribution in [2.24, 2.45) is 0 Å². The van der Waals surface area contributed by atoms with Gasteiger partial charge in [0.15, 0.2) is 0 Å². The van der Waals surface area contributed by atoms with Gasteiger partial charge in [-0.15, -0.1) is 11.8 Å². The van der Waals surface area contributed by atoms with E-state index in [2.05, 4.69) is 0 Å². The normalized spacial score (nSPS) is 7.50. The number of rotatable bonds is 1. The predicted octanol–water partition coefficient (Wildman–Crippen LogP) is -0.0118. The van der Waals surface area contributed by atoms with Crippen molar-refractivity contribution < 1.29 is 8.42 Å². The first-order valence-electron chi connectivity index (χ1n) is 1.21. The Morgan fingerprint density at radius 2 is 2.17 bits per heavy atom. The fourth-order valence-electron chi connectivity index (χ4n) is 0.0786. The van der Waals surface area contributed by atoms with Crippen LogP contribution in [0.5, 0.6) is 0 Å². The van der Waals surface area contributed by atoms with Crippen LogP contribution >= 0.6 is 11.8 Å². The largest absolute Gasteiger partial charge is 0.220 e. The Hall–Kier alpha value is 0.0400. The van der Waals surface area contributed by atoms with Crippen molar-refractivity contribution in [3.63, 3.8) is 0 Å². The summed E-state index contributed by atoms with van der Waals surface area (Å²) in [5.41, 5.74) is 0. The molecule has 6 heavy (non-hydrogen) atoms. The van der Waals surface area contributed by atoms with Gasteiger partial charge in [0, 0.05) is 0 Å². The van der Waals surface area contributed by atoms with Crippen LogP contribution in [0.3, 0.4) is 0 Å². The zero-order valence-corrected chi connectivity index (χ0v) is 4.84. The summed E-state index contributed by atoms with van der Waals surface area (Å²) in [6.45, 7) is 0. The molecule has 2 nitrogen and oxygen atoms in total. The van der Waals surface area contributed by atoms with Gasteiger partial charge < -0.3 is 0 Å². The van der Waals surface area contributed by atoms with Crippen LogP contribution in [0.25, 0.3) is 0 Å². The Labute approximate surface area is 42.1 Å². The van der Waals surface area contributed by atoms with Gasteiger partial charge in [-0.05, 0) is 6.26 Å². The highest BCUT2D eigenvalue weighted by molar-refractivity contribution is 8.18. The lowest BCUT2D eigenvalue weighted by molar-refractivity contribution is 0.627. The highest BCUT2D eigenvalue weighted by Gasteiger charge is 1.61. The van der Waals surface area contributed by atoms with E-state index in [1.54, 1.807) is 6.26 Å². The third-order valence-corrected chi connectivity index (χ3v) is 1.57. The Kier molecular flexibility index (Phi) is 3.26. The molecule has 0 unspecified atom stereocenters. The van der Waals surface area contributed by atoms with Crippen LogP contribution in [0, 0.1) is 0 Å². The van der Waals surface area contributed by atoms with E-state index in [-0.39, 0.29) is 0 Å². The second-order valence-electron chi connectivity index (χ2n) is 0.592. The van der Waals surface area contributed by atoms with Crippen LogP contribution < -0.4 is 0 Å². The van der Waals surface area contributed by atoms with Gasteiger partial charge in [-0.3, -0.25) is 0 Å². The fourth-order valence-corrected chi connectivity index (χ4v) is 0.707. The van der Waals surface area contributed by atoms with Gasteiger partial charge in [0.1, 0.15) is 0 Å². The van der Waals surface area contributed by atoms with Gasteiger partial charge in [-0.25, -0.2) is 0 Å². The monoisotopic (exact) mass is 124 g/mol. The molecule has 0 aliphatic heterocycles. The topological polar surface area (TPSA) is 34.1 Å². The Bertz CT molecular complexity index is 124. The van der Waals surface area contributed by atoms with Crippen molar-refractivity contribution in [2.75, 3.05) is 6.26 Å². The van der Waals surface area contributed by atoms with E-state index < -0.39 is 10.3 Å². The van der Waals surface area contributed by atoms with Gasteiger partial charge in [0.05, 0.1) is 4.70 Å². The molecule has 0 aromatic carbocycles. The maximum absolute atomic E-state index is 9.52. The van der Waals surface area contributed by atoms with Crippen LogP contribution in [0.1, 0.15) is 0 Å². The molecular weight excluding hydrogens is 120 g/mol. The van der Waals surface area contributed by atoms with Crippen molar-refractivity contribution in [2.45, 2.75) is 0 Å². The smallest absolute Gasteiger partial charge is 0.184 e. The molecule has 0 fully saturated rings. The predicted molar refractivity (Wildman–Crippen MR) is 28.5 cm³/mol. The molecule has 0 saturated carbocycles. The summed E-state index contributed by atoms with van der Waals surface area (Å²) < 4.78 is 20.2. The van der Waals surface area contributed by atoms with Crippen LogP contribution in [-0.4, -0.2) is 19.4 Å². The summed E-state index contributed by atoms with van der Waals surface area (Å²) in [5.74, 6) is 0. The van der Waals surface area contributed by atoms with E-state index in [0.717, 1.165) is 4.70 Å². The lowest BCUT2D eigenvalue weighted by atomic mass is 11.9. The molecule has 0 spiro atoms. The molecule has 0 rings (SSSR count). The van der Waals surface area contributed by atoms with Crippen molar-refractivity contribution in [3.05, 3.63) is 0 Å². The van der Waals surface area contributed by atoms with E-state index in [9.17, 15) is 8.42 Å². The minimum atomic E-state index is -1.98. The Balaban J connectivity index is 3.78. The summed E-state index contributed by atoms with van der Waals surface area (Å²) in [5, 5.41) is 0. The summed E-state index contributed by atoms with van der Waals surface area (Å²) in [6, 6.07) is 0. The third kappa shape index (κ3) is 4.04. The molecule has 0 radical (unpaired) electrons. The minimum absolute atomic E-state index is 1.12. The molecule has 0 heterocycles. The molecule has 0 aliphatic rings. The summed E-state index contributed by atoms with van der Waals surface area (Å²) in [6.07, 6.45) is 1.69. The van der Waals surface area contributed by atoms with Crippen molar-refractivity contribution in [1.82, 2.24) is 0 Å². The van der Waals surface area contributed by atoms with Gasteiger partial charge in [-0.1, -0.05) is 0 Å². The van der Waals surface area contributed by atoms with E-state index in [4.69, 9.17) is 0 Å². The van der Waals surface area contributed by atoms with Gasteiger partial charge in [0.2, 0.25) is 10.3 Å². The Morgan fingerprint density at radius 3 is 2.17 bits per heavy atom. The third-order valence-electron chi connectivity index (χ3n) is 0.175. The zero-order valence-electron chi connectivity index (χ0n) is 3.21. The quantitative estimate of drug-likeness (QED) is 0.461. The molecule has 0 atom stereocenters. The van der Waals surface area contributed by atoms with Crippen molar-refractivity contribution in [1.29, 1.82) is 0 Å². The fraction of sp³-hybridized carbons (Fsp3) is 0.500. The van der Waals surface area contributed by atoms with Gasteiger partial charge in [0.25, 0.3) is 0 Å². The molecule has 0 N–H and O–H groups in total. The molecule has 4 heteroatoms. The van der Waals surface area contributed by atoms with Crippen LogP contribution in [0.2, 0.25) is 0 Å². The maximum atomic E-state index is 9.52. The molecule has 0 aromatic heterocycles. The maximum Gasteiger partial charge on any atom is 0.220 e. The highest BCUT2D eigenvalue weighted by Crippen LogP contribution is 1.76. The van der Waals surface area contributed by atoms with E-state index in [1.807, 2.05) is 0 Å². The average Bonchev–Trinajstić information content (AvgIpc) is 1.35. The number of hydrogen-bond acceptors (Lipinski definition) is 3. The SMILES string of the molecule is CSC=S(=O)=O. The van der Waals surface area contributed by atoms with E-state index >= 15 is 0 Å². The lowest BCUT2D eigenvalue weighted by Gasteiger charge is -1.58. The Morgan fingerprint density at radius 1 is 1.67 bits per heavy atom. The molecule has 0 saturated heterocycles. The molecular formula is C2H4O2S2. The molecule has 36 valence electrons. The highest BCUT2D eigenvalue weighted by atomic mass is 32.2. The molecule has 0 amide bonds. The summed E-state index contributed by atoms with van der Waals surface area (Å²) in [7, 11) is -1.98. The molecule has 0 aliphatic carbocycles. The van der Waals surface area contributed by atoms with Gasteiger partial charge in [-0.2, -0.15) is 8.42 Å². The lowest BCUT2D eigenvalue weighted by Crippen LogP contribution is -1.58.